The third kappa shape index (κ3) is 7.98. The van der Waals surface area contributed by atoms with Gasteiger partial charge in [-0.05, 0) is 89.0 Å². The van der Waals surface area contributed by atoms with Crippen LogP contribution in [0.5, 0.6) is 0 Å². The zero-order valence-electron chi connectivity index (χ0n) is 40.4. The molecule has 11 aromatic rings. The van der Waals surface area contributed by atoms with E-state index < -0.39 is 6.85 Å². The Labute approximate surface area is 398 Å². The van der Waals surface area contributed by atoms with Crippen LogP contribution in [0.1, 0.15) is 86.8 Å². The van der Waals surface area contributed by atoms with Gasteiger partial charge in [0.2, 0.25) is 0 Å². The molecule has 0 bridgehead atoms. The molecule has 1 radical (unpaired) electrons. The van der Waals surface area contributed by atoms with Gasteiger partial charge in [-0.2, -0.15) is 0 Å². The average Bonchev–Trinajstić information content (AvgIpc) is 4.03. The standard InChI is InChI=1S/C44H35N2O2.C14H15N2.Ir/c1-25(2)35-23-29(28-12-7-6-8-13-28)24-36(26(3)4)40(35)46-38-22-27(5)18-21-37(38)45-44(46)34-16-11-15-31-33-20-19-32-30-14-9-10-17-39(30)47-42(32)43(33)48-41(31)34;1-14(2,3)12-9-10-15-13(16-12)11-7-5-4-6-8-11;/h6-15,17-26H,1-5H3;4-7,9-10H,1-3H3;/q2*-1;/i5D3;;. The van der Waals surface area contributed by atoms with Gasteiger partial charge in [0.05, 0.1) is 28.3 Å². The molecule has 0 unspecified atom stereocenters. The number of hydrogen-bond acceptors (Lipinski definition) is 5. The average molecular weight is 1030 g/mol. The van der Waals surface area contributed by atoms with E-state index in [1.807, 2.05) is 79.0 Å². The van der Waals surface area contributed by atoms with E-state index in [0.29, 0.717) is 33.7 Å². The molecule has 0 aliphatic heterocycles. The van der Waals surface area contributed by atoms with Gasteiger partial charge in [0, 0.05) is 63.4 Å². The maximum absolute atomic E-state index is 8.29. The monoisotopic (exact) mass is 1030 g/mol. The van der Waals surface area contributed by atoms with Crippen LogP contribution in [0.2, 0.25) is 0 Å². The van der Waals surface area contributed by atoms with Gasteiger partial charge in [-0.3, -0.25) is 15.0 Å². The van der Waals surface area contributed by atoms with Gasteiger partial charge < -0.3 is 13.4 Å². The second-order valence-electron chi connectivity index (χ2n) is 18.1. The number of para-hydroxylation sites is 1. The van der Waals surface area contributed by atoms with E-state index in [4.69, 9.17) is 17.9 Å². The number of nitrogens with zero attached hydrogens (tertiary/aromatic N) is 4. The number of furan rings is 2. The Morgan fingerprint density at radius 1 is 0.631 bits per heavy atom. The molecule has 11 rings (SSSR count). The number of hydrogen-bond donors (Lipinski definition) is 0. The quantitative estimate of drug-likeness (QED) is 0.155. The normalized spacial score (nSPS) is 12.7. The molecular formula is C58H50IrN4O2-2. The first-order valence-electron chi connectivity index (χ1n) is 23.4. The summed E-state index contributed by atoms with van der Waals surface area (Å²) in [6, 6.07) is 52.7. The first-order valence-corrected chi connectivity index (χ1v) is 21.9. The molecule has 0 atom stereocenters. The van der Waals surface area contributed by atoms with Gasteiger partial charge in [-0.1, -0.05) is 120 Å². The van der Waals surface area contributed by atoms with E-state index in [0.717, 1.165) is 77.7 Å². The summed E-state index contributed by atoms with van der Waals surface area (Å²) >= 11 is 0. The summed E-state index contributed by atoms with van der Waals surface area (Å²) in [5.74, 6) is 1.66. The van der Waals surface area contributed by atoms with Gasteiger partial charge in [-0.15, -0.1) is 54.1 Å². The Hall–Kier alpha value is -6.66. The Morgan fingerprint density at radius 3 is 2.03 bits per heavy atom. The van der Waals surface area contributed by atoms with Crippen molar-refractivity contribution >= 4 is 54.9 Å². The van der Waals surface area contributed by atoms with Crippen LogP contribution in [0.25, 0.3) is 94.5 Å². The number of fused-ring (bicyclic) bond motifs is 8. The second kappa shape index (κ2) is 17.4. The molecule has 4 aromatic heterocycles. The fourth-order valence-electron chi connectivity index (χ4n) is 8.67. The van der Waals surface area contributed by atoms with E-state index in [-0.39, 0.29) is 42.9 Å². The van der Waals surface area contributed by atoms with Crippen LogP contribution in [0.3, 0.4) is 0 Å². The van der Waals surface area contributed by atoms with Gasteiger partial charge in [-0.25, -0.2) is 0 Å². The van der Waals surface area contributed by atoms with Crippen LogP contribution in [0.15, 0.2) is 155 Å². The third-order valence-electron chi connectivity index (χ3n) is 11.9. The predicted molar refractivity (Wildman–Crippen MR) is 263 cm³/mol. The van der Waals surface area contributed by atoms with E-state index in [9.17, 15) is 0 Å². The summed E-state index contributed by atoms with van der Waals surface area (Å²) < 4.78 is 40.2. The van der Waals surface area contributed by atoms with Crippen molar-refractivity contribution in [2.24, 2.45) is 0 Å². The minimum absolute atomic E-state index is 0. The first-order chi connectivity index (χ1) is 32.2. The third-order valence-corrected chi connectivity index (χ3v) is 11.9. The van der Waals surface area contributed by atoms with Crippen LogP contribution in [0, 0.1) is 19.0 Å². The van der Waals surface area contributed by atoms with Crippen molar-refractivity contribution in [1.29, 1.82) is 0 Å². The summed E-state index contributed by atoms with van der Waals surface area (Å²) in [5, 5.41) is 3.90. The Balaban J connectivity index is 0.000000289. The van der Waals surface area contributed by atoms with Gasteiger partial charge >= 0.3 is 0 Å². The van der Waals surface area contributed by atoms with Crippen LogP contribution in [0.4, 0.5) is 0 Å². The van der Waals surface area contributed by atoms with Crippen molar-refractivity contribution in [1.82, 2.24) is 19.5 Å². The molecule has 0 aliphatic carbocycles. The Morgan fingerprint density at radius 2 is 1.32 bits per heavy atom. The van der Waals surface area contributed by atoms with E-state index >= 15 is 0 Å². The van der Waals surface area contributed by atoms with E-state index in [1.165, 1.54) is 0 Å². The van der Waals surface area contributed by atoms with Crippen LogP contribution >= 0.6 is 0 Å². The first kappa shape index (κ1) is 39.9. The molecule has 0 spiro atoms. The molecule has 7 aromatic carbocycles. The number of imidazole rings is 1. The van der Waals surface area contributed by atoms with Gasteiger partial charge in [0.25, 0.3) is 0 Å². The molecule has 7 heteroatoms. The Bertz CT molecular complexity index is 3590. The molecular weight excluding hydrogens is 977 g/mol. The van der Waals surface area contributed by atoms with Crippen molar-refractivity contribution in [3.05, 3.63) is 180 Å². The summed E-state index contributed by atoms with van der Waals surface area (Å²) in [6.45, 7) is 13.0. The Kier molecular flexibility index (Phi) is 10.7. The van der Waals surface area contributed by atoms with Gasteiger partial charge in [0.15, 0.2) is 11.2 Å². The fourth-order valence-corrected chi connectivity index (χ4v) is 8.67. The van der Waals surface area contributed by atoms with E-state index in [2.05, 4.69) is 130 Å². The molecule has 65 heavy (non-hydrogen) atoms. The van der Waals surface area contributed by atoms with Crippen molar-refractivity contribution in [3.8, 4) is 39.6 Å². The second-order valence-corrected chi connectivity index (χ2v) is 18.1. The smallest absolute Gasteiger partial charge is 0.177 e. The van der Waals surface area contributed by atoms with Crippen molar-refractivity contribution in [2.75, 3.05) is 0 Å². The molecule has 325 valence electrons. The molecule has 0 saturated carbocycles. The molecule has 6 nitrogen and oxygen atoms in total. The van der Waals surface area contributed by atoms with Crippen LogP contribution in [-0.4, -0.2) is 19.5 Å². The SMILES string of the molecule is CC(C)(C)c1ccnc(-c2[c-]cccc2)n1.[2H]C([2H])([2H])c1ccc2nc(-c3[c-]ccc4c3oc3c4ccc4c5ccccc5oc43)n(-c3c(C(C)C)cc(-c4ccccc4)cc3C(C)C)c2c1.[Ir]. The summed E-state index contributed by atoms with van der Waals surface area (Å²) in [4.78, 5) is 14.1. The molecule has 0 N–H and O–H groups in total. The molecule has 4 heterocycles. The fraction of sp³-hybridized carbons (Fsp3) is 0.190. The van der Waals surface area contributed by atoms with E-state index in [1.54, 1.807) is 12.1 Å². The maximum Gasteiger partial charge on any atom is 0.177 e. The number of benzene rings is 7. The predicted octanol–water partition coefficient (Wildman–Crippen LogP) is 15.8. The number of aromatic nitrogens is 4. The number of aryl methyl sites for hydroxylation is 1. The molecule has 0 aliphatic rings. The molecule has 0 fully saturated rings. The van der Waals surface area contributed by atoms with Crippen molar-refractivity contribution in [2.45, 2.75) is 72.6 Å². The zero-order valence-corrected chi connectivity index (χ0v) is 39.8. The van der Waals surface area contributed by atoms with Crippen LogP contribution in [-0.2, 0) is 25.5 Å². The number of rotatable bonds is 6. The summed E-state index contributed by atoms with van der Waals surface area (Å²) in [5.41, 5.74) is 12.8. The molecule has 0 amide bonds. The zero-order chi connectivity index (χ0) is 46.8. The maximum atomic E-state index is 8.29. The minimum atomic E-state index is -2.29. The van der Waals surface area contributed by atoms with Gasteiger partial charge in [0.1, 0.15) is 5.58 Å². The van der Waals surface area contributed by atoms with Crippen LogP contribution < -0.4 is 0 Å². The summed E-state index contributed by atoms with van der Waals surface area (Å²) in [7, 11) is 0. The largest absolute Gasteiger partial charge is 0.497 e. The molecule has 0 saturated heterocycles. The minimum Gasteiger partial charge on any atom is -0.497 e. The topological polar surface area (TPSA) is 69.9 Å². The van der Waals surface area contributed by atoms with Crippen molar-refractivity contribution < 1.29 is 33.1 Å². The summed E-state index contributed by atoms with van der Waals surface area (Å²) in [6.07, 6.45) is 1.81. The van der Waals surface area contributed by atoms with Crippen molar-refractivity contribution in [3.63, 3.8) is 0 Å².